The molecule has 0 aliphatic carbocycles. The number of ketones is 2. The van der Waals surface area contributed by atoms with Gasteiger partial charge in [-0.05, 0) is 32.3 Å². The second-order valence-corrected chi connectivity index (χ2v) is 4.78. The standard InChI is InChI=1S/C15H19NO4/c1-10(17)14(11(2)18)13(16-15(19)20)9-8-12-6-4-3-5-7-12/h3-7,13-14,16H,8-9H2,1-2H3,(H,19,20). The van der Waals surface area contributed by atoms with Gasteiger partial charge in [-0.1, -0.05) is 30.3 Å². The zero-order valence-electron chi connectivity index (χ0n) is 11.6. The van der Waals surface area contributed by atoms with E-state index in [4.69, 9.17) is 5.11 Å². The molecule has 0 saturated carbocycles. The maximum Gasteiger partial charge on any atom is 0.404 e. The van der Waals surface area contributed by atoms with E-state index in [2.05, 4.69) is 5.32 Å². The smallest absolute Gasteiger partial charge is 0.404 e. The van der Waals surface area contributed by atoms with E-state index in [1.165, 1.54) is 13.8 Å². The number of aryl methyl sites for hydroxylation is 1. The Morgan fingerprint density at radius 2 is 1.65 bits per heavy atom. The topological polar surface area (TPSA) is 83.5 Å². The van der Waals surface area contributed by atoms with E-state index in [0.717, 1.165) is 5.56 Å². The lowest BCUT2D eigenvalue weighted by Gasteiger charge is -2.23. The Bertz CT molecular complexity index is 470. The van der Waals surface area contributed by atoms with Crippen LogP contribution < -0.4 is 5.32 Å². The van der Waals surface area contributed by atoms with Gasteiger partial charge in [0, 0.05) is 6.04 Å². The van der Waals surface area contributed by atoms with Crippen LogP contribution in [0.5, 0.6) is 0 Å². The molecule has 5 heteroatoms. The number of hydrogen-bond donors (Lipinski definition) is 2. The van der Waals surface area contributed by atoms with Gasteiger partial charge in [-0.15, -0.1) is 0 Å². The number of rotatable bonds is 7. The lowest BCUT2D eigenvalue weighted by Crippen LogP contribution is -2.45. The molecular weight excluding hydrogens is 258 g/mol. The van der Waals surface area contributed by atoms with E-state index in [-0.39, 0.29) is 11.6 Å². The molecule has 2 N–H and O–H groups in total. The van der Waals surface area contributed by atoms with Crippen molar-refractivity contribution in [3.8, 4) is 0 Å². The van der Waals surface area contributed by atoms with Crippen LogP contribution >= 0.6 is 0 Å². The van der Waals surface area contributed by atoms with E-state index in [1.807, 2.05) is 30.3 Å². The first kappa shape index (κ1) is 15.9. The Hall–Kier alpha value is -2.17. The molecule has 0 saturated heterocycles. The van der Waals surface area contributed by atoms with Crippen LogP contribution in [0, 0.1) is 5.92 Å². The highest BCUT2D eigenvalue weighted by molar-refractivity contribution is 6.01. The molecule has 0 heterocycles. The summed E-state index contributed by atoms with van der Waals surface area (Å²) in [5.41, 5.74) is 1.04. The van der Waals surface area contributed by atoms with Gasteiger partial charge in [0.15, 0.2) is 0 Å². The quantitative estimate of drug-likeness (QED) is 0.747. The van der Waals surface area contributed by atoms with Crippen LogP contribution in [-0.2, 0) is 16.0 Å². The summed E-state index contributed by atoms with van der Waals surface area (Å²) in [7, 11) is 0. The van der Waals surface area contributed by atoms with Crippen molar-refractivity contribution in [3.63, 3.8) is 0 Å². The Kier molecular flexibility index (Phi) is 5.90. The summed E-state index contributed by atoms with van der Waals surface area (Å²) in [6.45, 7) is 2.62. The van der Waals surface area contributed by atoms with Crippen LogP contribution in [0.2, 0.25) is 0 Å². The monoisotopic (exact) mass is 277 g/mol. The molecule has 1 atom stereocenters. The highest BCUT2D eigenvalue weighted by Crippen LogP contribution is 2.14. The first-order chi connectivity index (χ1) is 9.41. The zero-order valence-corrected chi connectivity index (χ0v) is 11.6. The maximum absolute atomic E-state index is 11.6. The average molecular weight is 277 g/mol. The van der Waals surface area contributed by atoms with Gasteiger partial charge in [0.05, 0.1) is 5.92 Å². The van der Waals surface area contributed by atoms with Crippen LogP contribution in [0.15, 0.2) is 30.3 Å². The summed E-state index contributed by atoms with van der Waals surface area (Å²) in [5, 5.41) is 11.1. The molecular formula is C15H19NO4. The van der Waals surface area contributed by atoms with Gasteiger partial charge in [0.25, 0.3) is 0 Å². The van der Waals surface area contributed by atoms with Crippen LogP contribution in [0.4, 0.5) is 4.79 Å². The van der Waals surface area contributed by atoms with E-state index >= 15 is 0 Å². The largest absolute Gasteiger partial charge is 0.465 e. The fraction of sp³-hybridized carbons (Fsp3) is 0.400. The second kappa shape index (κ2) is 7.43. The van der Waals surface area contributed by atoms with Gasteiger partial charge in [-0.3, -0.25) is 9.59 Å². The van der Waals surface area contributed by atoms with Gasteiger partial charge < -0.3 is 10.4 Å². The SMILES string of the molecule is CC(=O)C(C(C)=O)C(CCc1ccccc1)NC(=O)O. The van der Waals surface area contributed by atoms with Gasteiger partial charge >= 0.3 is 6.09 Å². The molecule has 1 aromatic rings. The third-order valence-electron chi connectivity index (χ3n) is 3.17. The third-order valence-corrected chi connectivity index (χ3v) is 3.17. The molecule has 1 amide bonds. The fourth-order valence-electron chi connectivity index (χ4n) is 2.30. The molecule has 5 nitrogen and oxygen atoms in total. The number of amides is 1. The lowest BCUT2D eigenvalue weighted by atomic mass is 9.88. The Morgan fingerprint density at radius 1 is 1.10 bits per heavy atom. The number of hydrogen-bond acceptors (Lipinski definition) is 3. The number of benzene rings is 1. The molecule has 108 valence electrons. The predicted molar refractivity (Wildman–Crippen MR) is 74.6 cm³/mol. The molecule has 20 heavy (non-hydrogen) atoms. The predicted octanol–water partition coefficient (Wildman–Crippen LogP) is 2.05. The maximum atomic E-state index is 11.6. The van der Waals surface area contributed by atoms with Crippen molar-refractivity contribution >= 4 is 17.7 Å². The minimum atomic E-state index is -1.23. The summed E-state index contributed by atoms with van der Waals surface area (Å²) in [6, 6.07) is 8.83. The number of carboxylic acid groups (broad SMARTS) is 1. The van der Waals surface area contributed by atoms with Crippen molar-refractivity contribution in [3.05, 3.63) is 35.9 Å². The minimum Gasteiger partial charge on any atom is -0.465 e. The second-order valence-electron chi connectivity index (χ2n) is 4.78. The molecule has 0 spiro atoms. The number of nitrogens with one attached hydrogen (secondary N) is 1. The highest BCUT2D eigenvalue weighted by atomic mass is 16.4. The fourth-order valence-corrected chi connectivity index (χ4v) is 2.30. The Balaban J connectivity index is 2.80. The van der Waals surface area contributed by atoms with Crippen molar-refractivity contribution in [1.29, 1.82) is 0 Å². The summed E-state index contributed by atoms with van der Waals surface area (Å²) in [6.07, 6.45) is -0.223. The normalized spacial score (nSPS) is 11.9. The molecule has 0 fully saturated rings. The van der Waals surface area contributed by atoms with Crippen molar-refractivity contribution in [1.82, 2.24) is 5.32 Å². The van der Waals surface area contributed by atoms with E-state index in [0.29, 0.717) is 12.8 Å². The molecule has 1 rings (SSSR count). The van der Waals surface area contributed by atoms with E-state index < -0.39 is 18.1 Å². The molecule has 1 aromatic carbocycles. The van der Waals surface area contributed by atoms with Crippen molar-refractivity contribution < 1.29 is 19.5 Å². The molecule has 0 aliphatic heterocycles. The molecule has 0 bridgehead atoms. The first-order valence-corrected chi connectivity index (χ1v) is 6.46. The van der Waals surface area contributed by atoms with Crippen molar-refractivity contribution in [2.24, 2.45) is 5.92 Å². The van der Waals surface area contributed by atoms with Gasteiger partial charge in [-0.25, -0.2) is 4.79 Å². The van der Waals surface area contributed by atoms with E-state index in [1.54, 1.807) is 0 Å². The summed E-state index contributed by atoms with van der Waals surface area (Å²) >= 11 is 0. The van der Waals surface area contributed by atoms with Crippen LogP contribution in [0.25, 0.3) is 0 Å². The number of carbonyl (C=O) groups is 3. The number of Topliss-reactive ketones (excluding diaryl/α,β-unsaturated/α-hetero) is 2. The lowest BCUT2D eigenvalue weighted by molar-refractivity contribution is -0.131. The zero-order chi connectivity index (χ0) is 15.1. The van der Waals surface area contributed by atoms with Crippen LogP contribution in [0.1, 0.15) is 25.8 Å². The molecule has 0 aromatic heterocycles. The third kappa shape index (κ3) is 4.84. The summed E-state index contributed by atoms with van der Waals surface area (Å²) in [5.74, 6) is -1.55. The summed E-state index contributed by atoms with van der Waals surface area (Å²) in [4.78, 5) is 34.0. The minimum absolute atomic E-state index is 0.315. The van der Waals surface area contributed by atoms with Crippen molar-refractivity contribution in [2.75, 3.05) is 0 Å². The van der Waals surface area contributed by atoms with Gasteiger partial charge in [0.1, 0.15) is 11.6 Å². The highest BCUT2D eigenvalue weighted by Gasteiger charge is 2.30. The van der Waals surface area contributed by atoms with Crippen LogP contribution in [-0.4, -0.2) is 28.8 Å². The molecule has 1 unspecified atom stereocenters. The van der Waals surface area contributed by atoms with Gasteiger partial charge in [-0.2, -0.15) is 0 Å². The molecule has 0 radical (unpaired) electrons. The number of carbonyl (C=O) groups excluding carboxylic acids is 2. The first-order valence-electron chi connectivity index (χ1n) is 6.46. The average Bonchev–Trinajstić information content (AvgIpc) is 2.35. The summed E-state index contributed by atoms with van der Waals surface area (Å²) < 4.78 is 0. The van der Waals surface area contributed by atoms with Gasteiger partial charge in [0.2, 0.25) is 0 Å². The van der Waals surface area contributed by atoms with E-state index in [9.17, 15) is 14.4 Å². The molecule has 0 aliphatic rings. The Labute approximate surface area is 118 Å². The Morgan fingerprint density at radius 3 is 2.10 bits per heavy atom. The van der Waals surface area contributed by atoms with Crippen LogP contribution in [0.3, 0.4) is 0 Å². The van der Waals surface area contributed by atoms with Crippen molar-refractivity contribution in [2.45, 2.75) is 32.7 Å².